The van der Waals surface area contributed by atoms with Gasteiger partial charge in [-0.05, 0) is 20.3 Å². The van der Waals surface area contributed by atoms with E-state index >= 15 is 0 Å². The van der Waals surface area contributed by atoms with Gasteiger partial charge in [0, 0.05) is 29.4 Å². The van der Waals surface area contributed by atoms with Gasteiger partial charge < -0.3 is 10.4 Å². The Hall–Kier alpha value is -0.420. The van der Waals surface area contributed by atoms with E-state index in [0.717, 1.165) is 0 Å². The number of rotatable bonds is 5. The first-order chi connectivity index (χ1) is 5.84. The molecule has 0 spiro atoms. The summed E-state index contributed by atoms with van der Waals surface area (Å²) in [5, 5.41) is 11.8. The number of carbonyl (C=O) groups excluding carboxylic acids is 1. The van der Waals surface area contributed by atoms with Crippen LogP contribution >= 0.6 is 0 Å². The van der Waals surface area contributed by atoms with Crippen LogP contribution in [0.2, 0.25) is 0 Å². The standard InChI is InChI=1S/C8H17NO3S/c1-8(2,11)7(10)9-5-4-6-13(3)12/h11H,4-6H2,1-3H3,(H,9,10). The van der Waals surface area contributed by atoms with Crippen molar-refractivity contribution in [2.45, 2.75) is 25.9 Å². The highest BCUT2D eigenvalue weighted by Crippen LogP contribution is 1.99. The van der Waals surface area contributed by atoms with Crippen molar-refractivity contribution in [1.29, 1.82) is 0 Å². The maximum Gasteiger partial charge on any atom is 0.251 e. The maximum absolute atomic E-state index is 11.1. The van der Waals surface area contributed by atoms with Crippen LogP contribution in [0.1, 0.15) is 20.3 Å². The van der Waals surface area contributed by atoms with Crippen molar-refractivity contribution in [3.8, 4) is 0 Å². The molecule has 0 heterocycles. The van der Waals surface area contributed by atoms with Gasteiger partial charge in [0.15, 0.2) is 0 Å². The smallest absolute Gasteiger partial charge is 0.251 e. The Morgan fingerprint density at radius 3 is 2.46 bits per heavy atom. The quantitative estimate of drug-likeness (QED) is 0.605. The molecule has 0 rings (SSSR count). The van der Waals surface area contributed by atoms with Crippen LogP contribution in [0.4, 0.5) is 0 Å². The van der Waals surface area contributed by atoms with Crippen LogP contribution < -0.4 is 5.32 Å². The van der Waals surface area contributed by atoms with Gasteiger partial charge >= 0.3 is 0 Å². The predicted octanol–water partition coefficient (Wildman–Crippen LogP) is -0.358. The molecule has 0 aliphatic heterocycles. The second-order valence-corrected chi connectivity index (χ2v) is 5.00. The summed E-state index contributed by atoms with van der Waals surface area (Å²) < 4.78 is 10.6. The van der Waals surface area contributed by atoms with E-state index in [2.05, 4.69) is 5.32 Å². The van der Waals surface area contributed by atoms with Crippen molar-refractivity contribution in [3.63, 3.8) is 0 Å². The first-order valence-electron chi connectivity index (χ1n) is 4.14. The molecule has 0 aliphatic carbocycles. The average molecular weight is 207 g/mol. The first-order valence-corrected chi connectivity index (χ1v) is 5.87. The Labute approximate surface area is 81.2 Å². The zero-order valence-electron chi connectivity index (χ0n) is 8.29. The minimum absolute atomic E-state index is 0.394. The van der Waals surface area contributed by atoms with Gasteiger partial charge in [-0.25, -0.2) is 0 Å². The molecule has 4 nitrogen and oxygen atoms in total. The Morgan fingerprint density at radius 1 is 1.54 bits per heavy atom. The maximum atomic E-state index is 11.1. The van der Waals surface area contributed by atoms with E-state index in [1.807, 2.05) is 0 Å². The van der Waals surface area contributed by atoms with Gasteiger partial charge in [-0.3, -0.25) is 9.00 Å². The van der Waals surface area contributed by atoms with Gasteiger partial charge in [-0.1, -0.05) is 0 Å². The summed E-state index contributed by atoms with van der Waals surface area (Å²) in [6, 6.07) is 0. The Bertz CT molecular complexity index is 198. The Balaban J connectivity index is 3.55. The lowest BCUT2D eigenvalue weighted by Gasteiger charge is -2.16. The molecule has 78 valence electrons. The molecule has 0 saturated heterocycles. The fourth-order valence-electron chi connectivity index (χ4n) is 0.694. The number of carbonyl (C=O) groups is 1. The van der Waals surface area contributed by atoms with Gasteiger partial charge in [-0.15, -0.1) is 0 Å². The van der Waals surface area contributed by atoms with E-state index < -0.39 is 22.3 Å². The van der Waals surface area contributed by atoms with E-state index in [1.165, 1.54) is 13.8 Å². The lowest BCUT2D eigenvalue weighted by molar-refractivity contribution is -0.136. The molecule has 0 bridgehead atoms. The molecule has 0 aromatic rings. The second kappa shape index (κ2) is 5.34. The summed E-state index contributed by atoms with van der Waals surface area (Å²) in [7, 11) is -0.815. The number of nitrogens with one attached hydrogen (secondary N) is 1. The minimum atomic E-state index is -1.33. The van der Waals surface area contributed by atoms with Crippen LogP contribution in [0.5, 0.6) is 0 Å². The number of hydrogen-bond donors (Lipinski definition) is 2. The van der Waals surface area contributed by atoms with Crippen LogP contribution in [-0.2, 0) is 15.6 Å². The monoisotopic (exact) mass is 207 g/mol. The van der Waals surface area contributed by atoms with Crippen molar-refractivity contribution in [1.82, 2.24) is 5.32 Å². The highest BCUT2D eigenvalue weighted by atomic mass is 32.2. The molecule has 1 unspecified atom stereocenters. The fourth-order valence-corrected chi connectivity index (χ4v) is 1.24. The summed E-state index contributed by atoms with van der Waals surface area (Å²) in [5.41, 5.74) is -1.33. The lowest BCUT2D eigenvalue weighted by Crippen LogP contribution is -2.42. The molecule has 0 saturated carbocycles. The van der Waals surface area contributed by atoms with Crippen LogP contribution in [-0.4, -0.2) is 39.4 Å². The SMILES string of the molecule is CS(=O)CCCNC(=O)C(C)(C)O. The van der Waals surface area contributed by atoms with Crippen molar-refractivity contribution in [2.75, 3.05) is 18.6 Å². The third-order valence-electron chi connectivity index (χ3n) is 1.45. The molecule has 0 fully saturated rings. The van der Waals surface area contributed by atoms with Crippen LogP contribution in [0, 0.1) is 0 Å². The van der Waals surface area contributed by atoms with Crippen LogP contribution in [0.25, 0.3) is 0 Å². The molecule has 1 atom stereocenters. The van der Waals surface area contributed by atoms with Crippen LogP contribution in [0.15, 0.2) is 0 Å². The van der Waals surface area contributed by atoms with Gasteiger partial charge in [0.1, 0.15) is 5.60 Å². The summed E-state index contributed by atoms with van der Waals surface area (Å²) in [4.78, 5) is 11.1. The number of hydrogen-bond acceptors (Lipinski definition) is 3. The normalized spacial score (nSPS) is 13.8. The molecule has 1 amide bonds. The van der Waals surface area contributed by atoms with E-state index in [0.29, 0.717) is 18.7 Å². The third kappa shape index (κ3) is 6.72. The molecule has 5 heteroatoms. The molecule has 0 aromatic carbocycles. The fraction of sp³-hybridized carbons (Fsp3) is 0.875. The minimum Gasteiger partial charge on any atom is -0.381 e. The number of amides is 1. The van der Waals surface area contributed by atoms with Crippen molar-refractivity contribution in [3.05, 3.63) is 0 Å². The molecular weight excluding hydrogens is 190 g/mol. The second-order valence-electron chi connectivity index (χ2n) is 3.45. The Morgan fingerprint density at radius 2 is 2.08 bits per heavy atom. The van der Waals surface area contributed by atoms with Gasteiger partial charge in [-0.2, -0.15) is 0 Å². The average Bonchev–Trinajstić information content (AvgIpc) is 1.95. The Kier molecular flexibility index (Phi) is 5.17. The van der Waals surface area contributed by atoms with E-state index in [4.69, 9.17) is 0 Å². The van der Waals surface area contributed by atoms with Gasteiger partial charge in [0.05, 0.1) is 0 Å². The zero-order chi connectivity index (χ0) is 10.5. The van der Waals surface area contributed by atoms with E-state index in [9.17, 15) is 14.1 Å². The zero-order valence-corrected chi connectivity index (χ0v) is 9.11. The third-order valence-corrected chi connectivity index (χ3v) is 2.31. The topological polar surface area (TPSA) is 66.4 Å². The van der Waals surface area contributed by atoms with Crippen molar-refractivity contribution >= 4 is 16.7 Å². The summed E-state index contributed by atoms with van der Waals surface area (Å²) in [5.74, 6) is 0.181. The molecule has 2 N–H and O–H groups in total. The van der Waals surface area contributed by atoms with Gasteiger partial charge in [0.2, 0.25) is 0 Å². The highest BCUT2D eigenvalue weighted by molar-refractivity contribution is 7.84. The highest BCUT2D eigenvalue weighted by Gasteiger charge is 2.22. The largest absolute Gasteiger partial charge is 0.381 e. The van der Waals surface area contributed by atoms with Crippen molar-refractivity contribution < 1.29 is 14.1 Å². The molecular formula is C8H17NO3S. The van der Waals surface area contributed by atoms with Crippen molar-refractivity contribution in [2.24, 2.45) is 0 Å². The lowest BCUT2D eigenvalue weighted by atomic mass is 10.1. The molecule has 0 radical (unpaired) electrons. The van der Waals surface area contributed by atoms with E-state index in [1.54, 1.807) is 6.26 Å². The summed E-state index contributed by atoms with van der Waals surface area (Å²) >= 11 is 0. The predicted molar refractivity (Wildman–Crippen MR) is 52.9 cm³/mol. The summed E-state index contributed by atoms with van der Waals surface area (Å²) in [6.45, 7) is 3.32. The molecule has 0 aliphatic rings. The number of aliphatic hydroxyl groups is 1. The van der Waals surface area contributed by atoms with Crippen LogP contribution in [0.3, 0.4) is 0 Å². The van der Waals surface area contributed by atoms with Gasteiger partial charge in [0.25, 0.3) is 5.91 Å². The first kappa shape index (κ1) is 12.6. The summed E-state index contributed by atoms with van der Waals surface area (Å²) in [6.07, 6.45) is 2.29. The van der Waals surface area contributed by atoms with E-state index in [-0.39, 0.29) is 0 Å². The molecule has 13 heavy (non-hydrogen) atoms. The molecule has 0 aromatic heterocycles.